The third-order valence-corrected chi connectivity index (χ3v) is 7.11. The van der Waals surface area contributed by atoms with E-state index in [1.807, 2.05) is 32.1 Å². The summed E-state index contributed by atoms with van der Waals surface area (Å²) in [6.45, 7) is 29.9. The molecule has 0 heterocycles. The van der Waals surface area contributed by atoms with Crippen LogP contribution in [0.5, 0.6) is 0 Å². The predicted molar refractivity (Wildman–Crippen MR) is 179 cm³/mol. The average Bonchev–Trinajstić information content (AvgIpc) is 2.87. The Hall–Kier alpha value is -2.88. The minimum absolute atomic E-state index is 0.168. The number of carbonyl (C=O) groups is 2. The molecule has 1 aromatic rings. The Kier molecular flexibility index (Phi) is 20.5. The molecule has 0 aliphatic heterocycles. The molecule has 4 heteroatoms. The highest BCUT2D eigenvalue weighted by Crippen LogP contribution is 2.33. The van der Waals surface area contributed by atoms with Crippen molar-refractivity contribution in [3.05, 3.63) is 90.1 Å². The Morgan fingerprint density at radius 2 is 1.60 bits per heavy atom. The fraction of sp³-hybridized carbons (Fsp3) is 0.526. The van der Waals surface area contributed by atoms with E-state index in [9.17, 15) is 18.4 Å². The maximum atomic E-state index is 13.5. The zero-order valence-corrected chi connectivity index (χ0v) is 28.4. The van der Waals surface area contributed by atoms with Crippen LogP contribution >= 0.6 is 0 Å². The minimum atomic E-state index is -0.630. The Labute approximate surface area is 256 Å². The van der Waals surface area contributed by atoms with Crippen molar-refractivity contribution in [2.45, 2.75) is 115 Å². The van der Waals surface area contributed by atoms with Crippen LogP contribution in [0.4, 0.5) is 8.78 Å². The van der Waals surface area contributed by atoms with Crippen LogP contribution in [0.3, 0.4) is 0 Å². The lowest BCUT2D eigenvalue weighted by Crippen LogP contribution is -2.19. The van der Waals surface area contributed by atoms with Crippen molar-refractivity contribution in [2.24, 2.45) is 16.7 Å². The Bertz CT molecular complexity index is 1100. The van der Waals surface area contributed by atoms with Gasteiger partial charge in [0.05, 0.1) is 0 Å². The number of hydrogen-bond acceptors (Lipinski definition) is 2. The van der Waals surface area contributed by atoms with Gasteiger partial charge in [-0.05, 0) is 79.7 Å². The fourth-order valence-corrected chi connectivity index (χ4v) is 3.89. The lowest BCUT2D eigenvalue weighted by atomic mass is 9.78. The van der Waals surface area contributed by atoms with Gasteiger partial charge in [-0.3, -0.25) is 4.79 Å². The first kappa shape index (κ1) is 41.3. The highest BCUT2D eigenvalue weighted by atomic mass is 19.1. The van der Waals surface area contributed by atoms with Gasteiger partial charge >= 0.3 is 0 Å². The number of carbonyl (C=O) groups excluding carboxylic acids is 2. The molecule has 1 aromatic carbocycles. The SMILES string of the molecule is C=C(/C=C(\CC)c1ccc(F)cc1F)C(C)=O.C=C(/C=C\C=C/C)C(C)(C)C.CCC(C)(CCCC(C)C)CC(C)=O. The molecule has 0 N–H and O–H groups in total. The van der Waals surface area contributed by atoms with Crippen molar-refractivity contribution >= 4 is 17.1 Å². The van der Waals surface area contributed by atoms with Gasteiger partial charge in [0.1, 0.15) is 17.4 Å². The molecule has 1 atom stereocenters. The van der Waals surface area contributed by atoms with Gasteiger partial charge in [-0.15, -0.1) is 0 Å². The summed E-state index contributed by atoms with van der Waals surface area (Å²) in [4.78, 5) is 22.2. The average molecular weight is 585 g/mol. The van der Waals surface area contributed by atoms with Gasteiger partial charge in [0, 0.05) is 23.6 Å². The fourth-order valence-electron chi connectivity index (χ4n) is 3.89. The van der Waals surface area contributed by atoms with Gasteiger partial charge in [-0.2, -0.15) is 0 Å². The smallest absolute Gasteiger partial charge is 0.159 e. The van der Waals surface area contributed by atoms with Crippen LogP contribution in [-0.2, 0) is 9.59 Å². The molecule has 0 radical (unpaired) electrons. The maximum absolute atomic E-state index is 13.5. The van der Waals surface area contributed by atoms with E-state index in [4.69, 9.17) is 0 Å². The molecule has 0 aromatic heterocycles. The zero-order valence-electron chi connectivity index (χ0n) is 28.4. The monoisotopic (exact) mass is 584 g/mol. The first-order valence-corrected chi connectivity index (χ1v) is 15.2. The Morgan fingerprint density at radius 3 is 2.00 bits per heavy atom. The number of benzene rings is 1. The van der Waals surface area contributed by atoms with E-state index in [2.05, 4.69) is 67.7 Å². The highest BCUT2D eigenvalue weighted by Gasteiger charge is 2.23. The van der Waals surface area contributed by atoms with Crippen LogP contribution in [-0.4, -0.2) is 11.6 Å². The van der Waals surface area contributed by atoms with Crippen molar-refractivity contribution in [3.63, 3.8) is 0 Å². The number of halogens is 2. The number of Topliss-reactive ketones (excluding diaryl/α,β-unsaturated/α-hetero) is 2. The first-order valence-electron chi connectivity index (χ1n) is 15.2. The van der Waals surface area contributed by atoms with E-state index in [0.29, 0.717) is 28.9 Å². The van der Waals surface area contributed by atoms with E-state index in [-0.39, 0.29) is 16.6 Å². The third kappa shape index (κ3) is 19.3. The minimum Gasteiger partial charge on any atom is -0.300 e. The van der Waals surface area contributed by atoms with Gasteiger partial charge in [0.2, 0.25) is 0 Å². The normalized spacial score (nSPS) is 13.2. The van der Waals surface area contributed by atoms with Crippen molar-refractivity contribution < 1.29 is 18.4 Å². The topological polar surface area (TPSA) is 34.1 Å². The second-order valence-electron chi connectivity index (χ2n) is 12.7. The standard InChI is InChI=1S/C14H14F2O.C13H26O.C11H18/c1-4-11(7-9(2)10(3)17)13-6-5-12(15)8-14(13)16;1-6-13(5,10-12(4)14)9-7-8-11(2)3;1-6-7-8-9-10(2)11(3,4)5/h5-8H,2,4H2,1,3H3;11H,6-10H2,1-5H3;6-9H,2H2,1,3-5H3/b11-7+;;7-6-,9-8-. The molecule has 0 fully saturated rings. The molecule has 1 unspecified atom stereocenters. The van der Waals surface area contributed by atoms with Crippen molar-refractivity contribution in [3.8, 4) is 0 Å². The highest BCUT2D eigenvalue weighted by molar-refractivity contribution is 5.97. The molecule has 0 amide bonds. The second kappa shape index (κ2) is 20.9. The van der Waals surface area contributed by atoms with Gasteiger partial charge < -0.3 is 4.79 Å². The summed E-state index contributed by atoms with van der Waals surface area (Å²) < 4.78 is 26.3. The van der Waals surface area contributed by atoms with Crippen LogP contribution in [0.25, 0.3) is 5.57 Å². The molecule has 0 saturated carbocycles. The molecule has 236 valence electrons. The first-order chi connectivity index (χ1) is 19.3. The predicted octanol–water partition coefficient (Wildman–Crippen LogP) is 11.8. The van der Waals surface area contributed by atoms with Gasteiger partial charge in [-0.1, -0.05) is 112 Å². The van der Waals surface area contributed by atoms with Crippen molar-refractivity contribution in [2.75, 3.05) is 0 Å². The van der Waals surface area contributed by atoms with E-state index < -0.39 is 11.6 Å². The summed E-state index contributed by atoms with van der Waals surface area (Å²) in [6.07, 6.45) is 15.8. The largest absolute Gasteiger partial charge is 0.300 e. The molecule has 0 spiro atoms. The molecule has 2 nitrogen and oxygen atoms in total. The van der Waals surface area contributed by atoms with E-state index in [0.717, 1.165) is 30.4 Å². The molecular formula is C38H58F2O2. The summed E-state index contributed by atoms with van der Waals surface area (Å²) in [6, 6.07) is 3.39. The summed E-state index contributed by atoms with van der Waals surface area (Å²) >= 11 is 0. The number of hydrogen-bond donors (Lipinski definition) is 0. The summed E-state index contributed by atoms with van der Waals surface area (Å²) in [5.74, 6) is -0.299. The molecule has 0 saturated heterocycles. The van der Waals surface area contributed by atoms with Crippen LogP contribution in [0.1, 0.15) is 120 Å². The van der Waals surface area contributed by atoms with Gasteiger partial charge in [-0.25, -0.2) is 8.78 Å². The second-order valence-corrected chi connectivity index (χ2v) is 12.7. The van der Waals surface area contributed by atoms with E-state index in [1.54, 1.807) is 13.0 Å². The zero-order chi connectivity index (χ0) is 33.1. The molecule has 0 bridgehead atoms. The molecular weight excluding hydrogens is 526 g/mol. The lowest BCUT2D eigenvalue weighted by molar-refractivity contribution is -0.119. The Morgan fingerprint density at radius 1 is 1.00 bits per heavy atom. The summed E-state index contributed by atoms with van der Waals surface area (Å²) in [7, 11) is 0. The van der Waals surface area contributed by atoms with E-state index >= 15 is 0 Å². The number of rotatable bonds is 13. The molecule has 1 rings (SSSR count). The van der Waals surface area contributed by atoms with Gasteiger partial charge in [0.25, 0.3) is 0 Å². The van der Waals surface area contributed by atoms with Crippen LogP contribution in [0, 0.1) is 28.4 Å². The van der Waals surface area contributed by atoms with Crippen LogP contribution in [0.2, 0.25) is 0 Å². The maximum Gasteiger partial charge on any atom is 0.159 e. The molecule has 0 aliphatic carbocycles. The molecule has 0 aliphatic rings. The van der Waals surface area contributed by atoms with Crippen molar-refractivity contribution in [1.29, 1.82) is 0 Å². The lowest BCUT2D eigenvalue weighted by Gasteiger charge is -2.27. The molecule has 42 heavy (non-hydrogen) atoms. The number of allylic oxidation sites excluding steroid dienone is 8. The van der Waals surface area contributed by atoms with E-state index in [1.165, 1.54) is 38.3 Å². The quantitative estimate of drug-likeness (QED) is 0.171. The van der Waals surface area contributed by atoms with Gasteiger partial charge in [0.15, 0.2) is 5.78 Å². The summed E-state index contributed by atoms with van der Waals surface area (Å²) in [5.41, 5.74) is 2.85. The van der Waals surface area contributed by atoms with Crippen LogP contribution in [0.15, 0.2) is 72.9 Å². The third-order valence-electron chi connectivity index (χ3n) is 7.11. The number of ketones is 2. The van der Waals surface area contributed by atoms with Crippen LogP contribution < -0.4 is 0 Å². The van der Waals surface area contributed by atoms with Crippen molar-refractivity contribution in [1.82, 2.24) is 0 Å². The summed E-state index contributed by atoms with van der Waals surface area (Å²) in [5, 5.41) is 0. The Balaban J connectivity index is 0.